The van der Waals surface area contributed by atoms with Crippen molar-refractivity contribution in [2.24, 2.45) is 5.92 Å². The second kappa shape index (κ2) is 15.7. The summed E-state index contributed by atoms with van der Waals surface area (Å²) in [5, 5.41) is 0. The predicted molar refractivity (Wildman–Crippen MR) is 119 cm³/mol. The molecule has 164 valence electrons. The molecule has 0 bridgehead atoms. The van der Waals surface area contributed by atoms with Crippen LogP contribution in [0.1, 0.15) is 89.5 Å². The van der Waals surface area contributed by atoms with Crippen molar-refractivity contribution in [2.45, 2.75) is 114 Å². The Balaban J connectivity index is 0. The second-order valence-electron chi connectivity index (χ2n) is 7.66. The molecule has 0 radical (unpaired) electrons. The first-order chi connectivity index (χ1) is 12.5. The Labute approximate surface area is 171 Å². The molecule has 0 aliphatic rings. The van der Waals surface area contributed by atoms with E-state index < -0.39 is 8.45 Å². The fourth-order valence-electron chi connectivity index (χ4n) is 2.95. The van der Waals surface area contributed by atoms with E-state index in [0.29, 0.717) is 43.8 Å². The van der Waals surface area contributed by atoms with Crippen molar-refractivity contribution in [1.29, 1.82) is 0 Å². The van der Waals surface area contributed by atoms with Crippen LogP contribution in [-0.2, 0) is 14.1 Å². The summed E-state index contributed by atoms with van der Waals surface area (Å²) in [6, 6.07) is 1.59. The van der Waals surface area contributed by atoms with Gasteiger partial charge in [-0.1, -0.05) is 20.8 Å². The fourth-order valence-corrected chi connectivity index (χ4v) is 5.30. The molecule has 0 saturated carbocycles. The minimum absolute atomic E-state index is 0.130. The Morgan fingerprint density at radius 2 is 1.19 bits per heavy atom. The molecule has 0 fully saturated rings. The second-order valence-corrected chi connectivity index (χ2v) is 9.35. The van der Waals surface area contributed by atoms with Gasteiger partial charge in [0.15, 0.2) is 8.45 Å². The zero-order valence-electron chi connectivity index (χ0n) is 20.1. The summed E-state index contributed by atoms with van der Waals surface area (Å²) in [5.74, 6) is -0.264. The van der Waals surface area contributed by atoms with Crippen LogP contribution in [0.25, 0.3) is 0 Å². The zero-order valence-corrected chi connectivity index (χ0v) is 21.0. The van der Waals surface area contributed by atoms with Crippen molar-refractivity contribution in [3.8, 4) is 0 Å². The molecule has 27 heavy (non-hydrogen) atoms. The standard InChI is InChI=1S/C19H41N2O3P.C2H6/c1-11-23-19(22)18(10)12-13-24-25(20(14(2)3)15(4)5)21(16(6)7)17(8)9;1-2/h14-18H,11-13H2,1-10H3;1-2H3. The van der Waals surface area contributed by atoms with Gasteiger partial charge < -0.3 is 9.26 Å². The average Bonchev–Trinajstić information content (AvgIpc) is 2.55. The van der Waals surface area contributed by atoms with Gasteiger partial charge in [-0.05, 0) is 68.7 Å². The number of esters is 1. The number of hydrogen-bond donors (Lipinski definition) is 0. The number of hydrogen-bond acceptors (Lipinski definition) is 5. The fraction of sp³-hybridized carbons (Fsp3) is 0.952. The minimum Gasteiger partial charge on any atom is -0.466 e. The van der Waals surface area contributed by atoms with E-state index in [0.717, 1.165) is 0 Å². The van der Waals surface area contributed by atoms with Gasteiger partial charge in [0.05, 0.1) is 19.1 Å². The Morgan fingerprint density at radius 3 is 1.48 bits per heavy atom. The van der Waals surface area contributed by atoms with E-state index in [1.165, 1.54) is 0 Å². The molecular formula is C21H47N2O3P. The molecule has 6 heteroatoms. The summed E-state index contributed by atoms with van der Waals surface area (Å²) in [6.07, 6.45) is 0.686. The van der Waals surface area contributed by atoms with Crippen LogP contribution in [0.5, 0.6) is 0 Å². The predicted octanol–water partition coefficient (Wildman–Crippen LogP) is 6.08. The van der Waals surface area contributed by atoms with Crippen LogP contribution in [0.4, 0.5) is 0 Å². The van der Waals surface area contributed by atoms with Crippen molar-refractivity contribution in [3.63, 3.8) is 0 Å². The highest BCUT2D eigenvalue weighted by Gasteiger charge is 2.34. The summed E-state index contributed by atoms with van der Waals surface area (Å²) in [5.41, 5.74) is 0. The first-order valence-electron chi connectivity index (χ1n) is 10.7. The highest BCUT2D eigenvalue weighted by Crippen LogP contribution is 2.50. The summed E-state index contributed by atoms with van der Waals surface area (Å²) in [7, 11) is -0.889. The van der Waals surface area contributed by atoms with Gasteiger partial charge in [0, 0.05) is 24.2 Å². The van der Waals surface area contributed by atoms with Crippen LogP contribution in [0.15, 0.2) is 0 Å². The Hall–Kier alpha value is -0.220. The third kappa shape index (κ3) is 10.8. The van der Waals surface area contributed by atoms with Gasteiger partial charge in [0.1, 0.15) is 0 Å². The quantitative estimate of drug-likeness (QED) is 0.290. The Morgan fingerprint density at radius 1 is 0.815 bits per heavy atom. The largest absolute Gasteiger partial charge is 0.466 e. The molecule has 1 unspecified atom stereocenters. The zero-order chi connectivity index (χ0) is 21.7. The van der Waals surface area contributed by atoms with Gasteiger partial charge in [-0.3, -0.25) is 4.79 Å². The van der Waals surface area contributed by atoms with Crippen molar-refractivity contribution < 1.29 is 14.1 Å². The maximum Gasteiger partial charge on any atom is 0.308 e. The van der Waals surface area contributed by atoms with E-state index in [9.17, 15) is 4.79 Å². The monoisotopic (exact) mass is 406 g/mol. The molecule has 0 N–H and O–H groups in total. The van der Waals surface area contributed by atoms with Crippen LogP contribution in [-0.4, -0.2) is 52.7 Å². The minimum atomic E-state index is -0.889. The van der Waals surface area contributed by atoms with E-state index >= 15 is 0 Å². The van der Waals surface area contributed by atoms with E-state index in [1.54, 1.807) is 0 Å². The van der Waals surface area contributed by atoms with E-state index in [4.69, 9.17) is 9.26 Å². The van der Waals surface area contributed by atoms with Gasteiger partial charge >= 0.3 is 5.97 Å². The van der Waals surface area contributed by atoms with Gasteiger partial charge in [0.2, 0.25) is 0 Å². The molecule has 1 atom stereocenters. The Bertz CT molecular complexity index is 340. The molecule has 0 aliphatic heterocycles. The topological polar surface area (TPSA) is 42.0 Å². The molecule has 0 aromatic heterocycles. The number of carbonyl (C=O) groups is 1. The molecule has 0 heterocycles. The molecule has 0 aliphatic carbocycles. The van der Waals surface area contributed by atoms with Crippen LogP contribution >= 0.6 is 8.45 Å². The van der Waals surface area contributed by atoms with Crippen LogP contribution in [0.3, 0.4) is 0 Å². The van der Waals surface area contributed by atoms with Crippen molar-refractivity contribution in [1.82, 2.24) is 9.34 Å². The molecule has 0 rings (SSSR count). The van der Waals surface area contributed by atoms with E-state index in [-0.39, 0.29) is 11.9 Å². The Kier molecular flexibility index (Phi) is 16.8. The number of rotatable bonds is 12. The molecule has 0 aromatic rings. The highest BCUT2D eigenvalue weighted by molar-refractivity contribution is 7.47. The summed E-state index contributed by atoms with van der Waals surface area (Å²) >= 11 is 0. The first kappa shape index (κ1) is 29.0. The normalized spacial score (nSPS) is 13.1. The maximum absolute atomic E-state index is 11.8. The number of ether oxygens (including phenoxy) is 1. The molecule has 0 aromatic carbocycles. The van der Waals surface area contributed by atoms with Gasteiger partial charge in [-0.2, -0.15) is 0 Å². The molecule has 0 amide bonds. The molecular weight excluding hydrogens is 359 g/mol. The smallest absolute Gasteiger partial charge is 0.308 e. The highest BCUT2D eigenvalue weighted by atomic mass is 31.2. The van der Waals surface area contributed by atoms with Crippen molar-refractivity contribution in [2.75, 3.05) is 13.2 Å². The molecule has 0 spiro atoms. The third-order valence-electron chi connectivity index (χ3n) is 3.96. The van der Waals surface area contributed by atoms with E-state index in [2.05, 4.69) is 64.7 Å². The summed E-state index contributed by atoms with van der Waals surface area (Å²) in [6.45, 7) is 26.5. The van der Waals surface area contributed by atoms with Crippen molar-refractivity contribution in [3.05, 3.63) is 0 Å². The van der Waals surface area contributed by atoms with Crippen LogP contribution in [0, 0.1) is 5.92 Å². The lowest BCUT2D eigenvalue weighted by Gasteiger charge is -2.45. The van der Waals surface area contributed by atoms with Crippen molar-refractivity contribution >= 4 is 14.4 Å². The SMILES string of the molecule is CC.CCOC(=O)C(C)CCOP(N(C(C)C)C(C)C)N(C(C)C)C(C)C. The number of carbonyl (C=O) groups excluding carboxylic acids is 1. The molecule has 5 nitrogen and oxygen atoms in total. The van der Waals surface area contributed by atoms with Gasteiger partial charge in [-0.25, -0.2) is 9.34 Å². The maximum atomic E-state index is 11.8. The van der Waals surface area contributed by atoms with Crippen LogP contribution in [0.2, 0.25) is 0 Å². The van der Waals surface area contributed by atoms with Gasteiger partial charge in [-0.15, -0.1) is 0 Å². The lowest BCUT2D eigenvalue weighted by Crippen LogP contribution is -2.43. The first-order valence-corrected chi connectivity index (χ1v) is 11.9. The van der Waals surface area contributed by atoms with Crippen LogP contribution < -0.4 is 0 Å². The average molecular weight is 407 g/mol. The third-order valence-corrected chi connectivity index (χ3v) is 7.01. The van der Waals surface area contributed by atoms with E-state index in [1.807, 2.05) is 27.7 Å². The summed E-state index contributed by atoms with van der Waals surface area (Å²) in [4.78, 5) is 11.8. The molecule has 0 saturated heterocycles. The summed E-state index contributed by atoms with van der Waals surface area (Å²) < 4.78 is 16.4. The lowest BCUT2D eigenvalue weighted by molar-refractivity contribution is -0.147. The number of nitrogens with zero attached hydrogens (tertiary/aromatic N) is 2. The van der Waals surface area contributed by atoms with Gasteiger partial charge in [0.25, 0.3) is 0 Å². The lowest BCUT2D eigenvalue weighted by atomic mass is 10.1.